The molecule has 0 unspecified atom stereocenters. The van der Waals surface area contributed by atoms with E-state index in [4.69, 9.17) is 15.3 Å². The van der Waals surface area contributed by atoms with Crippen LogP contribution >= 0.6 is 11.8 Å². The number of carbonyl (C=O) groups is 1. The SMILES string of the molecule is COc1ccc(OCc2nnc(SCC(=O)Nc3ccc(F)cc3F)n2N)cc1. The summed E-state index contributed by atoms with van der Waals surface area (Å²) in [4.78, 5) is 12.0. The summed E-state index contributed by atoms with van der Waals surface area (Å²) in [6, 6.07) is 9.88. The minimum atomic E-state index is -0.858. The number of hydrogen-bond donors (Lipinski definition) is 2. The first kappa shape index (κ1) is 20.4. The summed E-state index contributed by atoms with van der Waals surface area (Å²) >= 11 is 1.01. The van der Waals surface area contributed by atoms with E-state index in [1.807, 2.05) is 0 Å². The molecule has 3 rings (SSSR count). The topological polar surface area (TPSA) is 104 Å². The van der Waals surface area contributed by atoms with Crippen LogP contribution in [0.15, 0.2) is 47.6 Å². The van der Waals surface area contributed by atoms with Gasteiger partial charge in [-0.15, -0.1) is 10.2 Å². The molecule has 1 aromatic heterocycles. The molecule has 0 aliphatic carbocycles. The van der Waals surface area contributed by atoms with E-state index >= 15 is 0 Å². The Morgan fingerprint density at radius 1 is 1.17 bits per heavy atom. The number of carbonyl (C=O) groups excluding carboxylic acids is 1. The van der Waals surface area contributed by atoms with Crippen LogP contribution in [-0.4, -0.2) is 33.6 Å². The van der Waals surface area contributed by atoms with Crippen LogP contribution in [0.1, 0.15) is 5.82 Å². The second kappa shape index (κ2) is 9.24. The Kier molecular flexibility index (Phi) is 6.50. The van der Waals surface area contributed by atoms with Gasteiger partial charge < -0.3 is 20.6 Å². The van der Waals surface area contributed by atoms with Gasteiger partial charge in [-0.25, -0.2) is 13.5 Å². The number of nitrogens with zero attached hydrogens (tertiary/aromatic N) is 3. The minimum Gasteiger partial charge on any atom is -0.497 e. The van der Waals surface area contributed by atoms with Crippen molar-refractivity contribution in [1.82, 2.24) is 14.9 Å². The standard InChI is InChI=1S/C18H17F2N5O3S/c1-27-12-3-5-13(6-4-12)28-9-16-23-24-18(25(16)21)29-10-17(26)22-15-7-2-11(19)8-14(15)20/h2-8H,9-10,21H2,1H3,(H,22,26). The molecule has 3 N–H and O–H groups in total. The first-order valence-electron chi connectivity index (χ1n) is 8.30. The van der Waals surface area contributed by atoms with Crippen LogP contribution in [0.2, 0.25) is 0 Å². The third kappa shape index (κ3) is 5.35. The number of aromatic nitrogens is 3. The number of benzene rings is 2. The summed E-state index contributed by atoms with van der Waals surface area (Å²) in [7, 11) is 1.57. The Balaban J connectivity index is 1.52. The second-order valence-electron chi connectivity index (χ2n) is 5.69. The van der Waals surface area contributed by atoms with Gasteiger partial charge in [-0.05, 0) is 36.4 Å². The van der Waals surface area contributed by atoms with Gasteiger partial charge in [-0.3, -0.25) is 4.79 Å². The Hall–Kier alpha value is -3.34. The zero-order valence-electron chi connectivity index (χ0n) is 15.3. The Bertz CT molecular complexity index is 998. The van der Waals surface area contributed by atoms with Crippen LogP contribution in [0.3, 0.4) is 0 Å². The first-order valence-corrected chi connectivity index (χ1v) is 9.28. The largest absolute Gasteiger partial charge is 0.497 e. The summed E-state index contributed by atoms with van der Waals surface area (Å²) in [6.45, 7) is 0.0728. The third-order valence-corrected chi connectivity index (χ3v) is 4.64. The van der Waals surface area contributed by atoms with Gasteiger partial charge in [0.1, 0.15) is 29.7 Å². The molecule has 0 aliphatic rings. The molecule has 0 saturated carbocycles. The number of rotatable bonds is 8. The van der Waals surface area contributed by atoms with Crippen LogP contribution in [0.5, 0.6) is 11.5 Å². The highest BCUT2D eigenvalue weighted by molar-refractivity contribution is 7.99. The Morgan fingerprint density at radius 3 is 2.59 bits per heavy atom. The number of anilines is 1. The molecule has 0 spiro atoms. The molecule has 1 amide bonds. The van der Waals surface area contributed by atoms with Gasteiger partial charge in [0.2, 0.25) is 11.1 Å². The van der Waals surface area contributed by atoms with Gasteiger partial charge in [-0.2, -0.15) is 0 Å². The van der Waals surface area contributed by atoms with Crippen molar-refractivity contribution in [2.45, 2.75) is 11.8 Å². The summed E-state index contributed by atoms with van der Waals surface area (Å²) < 4.78 is 38.4. The lowest BCUT2D eigenvalue weighted by Crippen LogP contribution is -2.18. The van der Waals surface area contributed by atoms with Gasteiger partial charge in [0.05, 0.1) is 18.6 Å². The normalized spacial score (nSPS) is 10.6. The van der Waals surface area contributed by atoms with Gasteiger partial charge in [0.15, 0.2) is 5.82 Å². The molecule has 0 aliphatic heterocycles. The average molecular weight is 421 g/mol. The van der Waals surface area contributed by atoms with E-state index in [-0.39, 0.29) is 23.2 Å². The molecule has 152 valence electrons. The van der Waals surface area contributed by atoms with Gasteiger partial charge in [0.25, 0.3) is 0 Å². The van der Waals surface area contributed by atoms with E-state index in [1.54, 1.807) is 31.4 Å². The van der Waals surface area contributed by atoms with Crippen LogP contribution in [-0.2, 0) is 11.4 Å². The number of nitrogens with two attached hydrogens (primary N) is 1. The molecule has 0 saturated heterocycles. The maximum atomic E-state index is 13.6. The molecule has 1 heterocycles. The zero-order valence-corrected chi connectivity index (χ0v) is 16.1. The maximum Gasteiger partial charge on any atom is 0.234 e. The van der Waals surface area contributed by atoms with Crippen molar-refractivity contribution < 1.29 is 23.0 Å². The molecular weight excluding hydrogens is 404 g/mol. The van der Waals surface area contributed by atoms with E-state index < -0.39 is 17.5 Å². The van der Waals surface area contributed by atoms with Crippen molar-refractivity contribution in [3.8, 4) is 11.5 Å². The summed E-state index contributed by atoms with van der Waals surface area (Å²) in [5.41, 5.74) is -0.111. The molecule has 29 heavy (non-hydrogen) atoms. The molecule has 2 aromatic carbocycles. The van der Waals surface area contributed by atoms with E-state index in [0.717, 1.165) is 23.9 Å². The predicted octanol–water partition coefficient (Wildman–Crippen LogP) is 2.59. The number of amides is 1. The summed E-state index contributed by atoms with van der Waals surface area (Å²) in [5, 5.41) is 10.5. The molecule has 8 nitrogen and oxygen atoms in total. The molecule has 0 atom stereocenters. The maximum absolute atomic E-state index is 13.6. The third-order valence-electron chi connectivity index (χ3n) is 3.70. The van der Waals surface area contributed by atoms with Gasteiger partial charge >= 0.3 is 0 Å². The van der Waals surface area contributed by atoms with Crippen molar-refractivity contribution in [2.75, 3.05) is 24.0 Å². The summed E-state index contributed by atoms with van der Waals surface area (Å²) in [5.74, 6) is 5.41. The number of nitrogen functional groups attached to an aromatic ring is 1. The number of hydrogen-bond acceptors (Lipinski definition) is 7. The van der Waals surface area contributed by atoms with E-state index in [9.17, 15) is 13.6 Å². The quantitative estimate of drug-likeness (QED) is 0.426. The van der Waals surface area contributed by atoms with E-state index in [0.29, 0.717) is 23.4 Å². The van der Waals surface area contributed by atoms with Gasteiger partial charge in [0, 0.05) is 6.07 Å². The van der Waals surface area contributed by atoms with E-state index in [1.165, 1.54) is 4.68 Å². The fourth-order valence-electron chi connectivity index (χ4n) is 2.23. The molecule has 3 aromatic rings. The van der Waals surface area contributed by atoms with Crippen molar-refractivity contribution in [3.63, 3.8) is 0 Å². The van der Waals surface area contributed by atoms with Crippen molar-refractivity contribution in [3.05, 3.63) is 59.9 Å². The van der Waals surface area contributed by atoms with Crippen LogP contribution < -0.4 is 20.6 Å². The molecular formula is C18H17F2N5O3S. The number of thioether (sulfide) groups is 1. The van der Waals surface area contributed by atoms with Crippen LogP contribution in [0.25, 0.3) is 0 Å². The smallest absolute Gasteiger partial charge is 0.234 e. The van der Waals surface area contributed by atoms with Crippen molar-refractivity contribution in [2.24, 2.45) is 0 Å². The van der Waals surface area contributed by atoms with E-state index in [2.05, 4.69) is 15.5 Å². The van der Waals surface area contributed by atoms with Crippen LogP contribution in [0, 0.1) is 11.6 Å². The molecule has 0 bridgehead atoms. The lowest BCUT2D eigenvalue weighted by atomic mass is 10.3. The lowest BCUT2D eigenvalue weighted by molar-refractivity contribution is -0.113. The summed E-state index contributed by atoms with van der Waals surface area (Å²) in [6.07, 6.45) is 0. The van der Waals surface area contributed by atoms with Crippen molar-refractivity contribution >= 4 is 23.4 Å². The number of nitrogens with one attached hydrogen (secondary N) is 1. The lowest BCUT2D eigenvalue weighted by Gasteiger charge is -2.08. The second-order valence-corrected chi connectivity index (χ2v) is 6.64. The first-order chi connectivity index (χ1) is 14.0. The van der Waals surface area contributed by atoms with Gasteiger partial charge in [-0.1, -0.05) is 11.8 Å². The monoisotopic (exact) mass is 421 g/mol. The predicted molar refractivity (Wildman–Crippen MR) is 103 cm³/mol. The molecule has 0 fully saturated rings. The van der Waals surface area contributed by atoms with Crippen LogP contribution in [0.4, 0.5) is 14.5 Å². The highest BCUT2D eigenvalue weighted by Gasteiger charge is 2.14. The molecule has 0 radical (unpaired) electrons. The Morgan fingerprint density at radius 2 is 1.90 bits per heavy atom. The zero-order chi connectivity index (χ0) is 20.8. The highest BCUT2D eigenvalue weighted by atomic mass is 32.2. The fourth-order valence-corrected chi connectivity index (χ4v) is 2.91. The number of ether oxygens (including phenoxy) is 2. The van der Waals surface area contributed by atoms with Crippen molar-refractivity contribution in [1.29, 1.82) is 0 Å². The minimum absolute atomic E-state index is 0.0728. The fraction of sp³-hybridized carbons (Fsp3) is 0.167. The Labute approximate surface area is 169 Å². The number of methoxy groups -OCH3 is 1. The molecule has 11 heteroatoms. The highest BCUT2D eigenvalue weighted by Crippen LogP contribution is 2.20. The number of halogens is 2. The average Bonchev–Trinajstić information content (AvgIpc) is 3.07.